The van der Waals surface area contributed by atoms with Crippen LogP contribution in [-0.4, -0.2) is 44.5 Å². The Bertz CT molecular complexity index is 1310. The standard InChI is InChI=1S/C23H20F3N5O5/c24-23(25,26)16-2-5-18(6-3-16)36-19-4-1-14-8-29(9-15(14)7-19)12-21(32)27-17-10-30-11-20(31(33)34)28-22(30)35-13-17/h1-7,11,17H,8-10,12-13H2,(H,27,32)/t17-/m0/s1. The smallest absolute Gasteiger partial charge is 0.416 e. The average molecular weight is 503 g/mol. The molecule has 0 saturated heterocycles. The van der Waals surface area contributed by atoms with Gasteiger partial charge in [0.05, 0.1) is 24.7 Å². The van der Waals surface area contributed by atoms with Gasteiger partial charge in [0, 0.05) is 18.1 Å². The van der Waals surface area contributed by atoms with Crippen molar-refractivity contribution in [3.8, 4) is 17.5 Å². The van der Waals surface area contributed by atoms with Crippen molar-refractivity contribution in [3.63, 3.8) is 0 Å². The molecule has 0 unspecified atom stereocenters. The number of carbonyl (C=O) groups excluding carboxylic acids is 1. The Morgan fingerprint density at radius 1 is 1.17 bits per heavy atom. The number of carbonyl (C=O) groups is 1. The quantitative estimate of drug-likeness (QED) is 0.405. The van der Waals surface area contributed by atoms with E-state index in [1.165, 1.54) is 22.9 Å². The number of hydrogen-bond acceptors (Lipinski definition) is 7. The Balaban J connectivity index is 1.14. The molecule has 1 N–H and O–H groups in total. The van der Waals surface area contributed by atoms with Crippen LogP contribution in [0.25, 0.3) is 0 Å². The molecule has 3 heterocycles. The molecule has 10 nitrogen and oxygen atoms in total. The fourth-order valence-corrected chi connectivity index (χ4v) is 4.21. The van der Waals surface area contributed by atoms with Gasteiger partial charge in [0.15, 0.2) is 0 Å². The van der Waals surface area contributed by atoms with Crippen molar-refractivity contribution >= 4 is 11.7 Å². The molecule has 3 aromatic rings. The third kappa shape index (κ3) is 5.10. The summed E-state index contributed by atoms with van der Waals surface area (Å²) >= 11 is 0. The van der Waals surface area contributed by atoms with Crippen LogP contribution in [0.15, 0.2) is 48.7 Å². The largest absolute Gasteiger partial charge is 0.457 e. The first kappa shape index (κ1) is 23.6. The van der Waals surface area contributed by atoms with E-state index < -0.39 is 16.7 Å². The lowest BCUT2D eigenvalue weighted by atomic mass is 10.1. The monoisotopic (exact) mass is 503 g/mol. The number of aromatic nitrogens is 2. The predicted molar refractivity (Wildman–Crippen MR) is 118 cm³/mol. The fraction of sp³-hybridized carbons (Fsp3) is 0.304. The highest BCUT2D eigenvalue weighted by Gasteiger charge is 2.31. The van der Waals surface area contributed by atoms with Crippen molar-refractivity contribution in [1.29, 1.82) is 0 Å². The third-order valence-corrected chi connectivity index (χ3v) is 5.86. The number of ether oxygens (including phenoxy) is 2. The molecular formula is C23H20F3N5O5. The molecule has 188 valence electrons. The summed E-state index contributed by atoms with van der Waals surface area (Å²) in [6.07, 6.45) is -3.13. The summed E-state index contributed by atoms with van der Waals surface area (Å²) in [5.41, 5.74) is 1.24. The summed E-state index contributed by atoms with van der Waals surface area (Å²) in [6, 6.07) is 9.69. The van der Waals surface area contributed by atoms with Crippen molar-refractivity contribution in [2.24, 2.45) is 0 Å². The van der Waals surface area contributed by atoms with Gasteiger partial charge in [-0.2, -0.15) is 13.2 Å². The normalized spacial score (nSPS) is 17.1. The third-order valence-electron chi connectivity index (χ3n) is 5.86. The van der Waals surface area contributed by atoms with E-state index in [4.69, 9.17) is 9.47 Å². The van der Waals surface area contributed by atoms with Gasteiger partial charge in [-0.15, -0.1) is 0 Å². The molecule has 0 radical (unpaired) electrons. The molecule has 0 saturated carbocycles. The number of imidazole rings is 1. The van der Waals surface area contributed by atoms with Crippen LogP contribution >= 0.6 is 0 Å². The van der Waals surface area contributed by atoms with Gasteiger partial charge < -0.3 is 24.9 Å². The van der Waals surface area contributed by atoms with E-state index in [9.17, 15) is 28.1 Å². The molecular weight excluding hydrogens is 483 g/mol. The van der Waals surface area contributed by atoms with Crippen LogP contribution in [0.1, 0.15) is 16.7 Å². The topological polar surface area (TPSA) is 112 Å². The molecule has 2 aliphatic rings. The Morgan fingerprint density at radius 3 is 2.61 bits per heavy atom. The highest BCUT2D eigenvalue weighted by Crippen LogP contribution is 2.33. The molecule has 2 aliphatic heterocycles. The van der Waals surface area contributed by atoms with Gasteiger partial charge in [-0.3, -0.25) is 14.3 Å². The van der Waals surface area contributed by atoms with E-state index in [0.717, 1.165) is 23.3 Å². The SMILES string of the molecule is O=C(CN1Cc2ccc(Oc3ccc(C(F)(F)F)cc3)cc2C1)N[C@@H]1COc2nc([N+](=O)[O-])cn2C1. The molecule has 1 amide bonds. The lowest BCUT2D eigenvalue weighted by Crippen LogP contribution is -2.47. The number of nitrogens with one attached hydrogen (secondary N) is 1. The number of amides is 1. The van der Waals surface area contributed by atoms with Gasteiger partial charge in [0.2, 0.25) is 5.91 Å². The molecule has 0 fully saturated rings. The number of halogens is 3. The van der Waals surface area contributed by atoms with Gasteiger partial charge in [0.1, 0.15) is 24.3 Å². The molecule has 13 heteroatoms. The fourth-order valence-electron chi connectivity index (χ4n) is 4.21. The summed E-state index contributed by atoms with van der Waals surface area (Å²) in [7, 11) is 0. The molecule has 5 rings (SSSR count). The summed E-state index contributed by atoms with van der Waals surface area (Å²) in [5.74, 6) is 0.256. The molecule has 36 heavy (non-hydrogen) atoms. The Hall–Kier alpha value is -4.13. The molecule has 0 spiro atoms. The van der Waals surface area contributed by atoms with Crippen LogP contribution < -0.4 is 14.8 Å². The highest BCUT2D eigenvalue weighted by molar-refractivity contribution is 5.78. The van der Waals surface area contributed by atoms with E-state index in [0.29, 0.717) is 31.1 Å². The Kier molecular flexibility index (Phi) is 6.00. The van der Waals surface area contributed by atoms with Gasteiger partial charge >= 0.3 is 18.0 Å². The number of nitro groups is 1. The summed E-state index contributed by atoms with van der Waals surface area (Å²) < 4.78 is 50.8. The number of benzene rings is 2. The average Bonchev–Trinajstić information content (AvgIpc) is 3.41. The maximum Gasteiger partial charge on any atom is 0.416 e. The van der Waals surface area contributed by atoms with Crippen LogP contribution in [0.3, 0.4) is 0 Å². The van der Waals surface area contributed by atoms with E-state index in [-0.39, 0.29) is 36.9 Å². The van der Waals surface area contributed by atoms with Crippen LogP contribution in [0, 0.1) is 10.1 Å². The second-order valence-electron chi connectivity index (χ2n) is 8.57. The summed E-state index contributed by atoms with van der Waals surface area (Å²) in [4.78, 5) is 28.6. The molecule has 1 atom stereocenters. The minimum atomic E-state index is -4.41. The number of hydrogen-bond donors (Lipinski definition) is 1. The van der Waals surface area contributed by atoms with Gasteiger partial charge in [-0.05, 0) is 52.4 Å². The second kappa shape index (κ2) is 9.15. The van der Waals surface area contributed by atoms with Gasteiger partial charge in [-0.25, -0.2) is 0 Å². The van der Waals surface area contributed by atoms with Crippen LogP contribution in [0.2, 0.25) is 0 Å². The predicted octanol–water partition coefficient (Wildman–Crippen LogP) is 3.50. The summed E-state index contributed by atoms with van der Waals surface area (Å²) in [6.45, 7) is 1.67. The maximum atomic E-state index is 12.7. The number of nitrogens with zero attached hydrogens (tertiary/aromatic N) is 4. The zero-order valence-corrected chi connectivity index (χ0v) is 18.7. The number of alkyl halides is 3. The van der Waals surface area contributed by atoms with E-state index in [1.54, 1.807) is 6.07 Å². The molecule has 1 aromatic heterocycles. The van der Waals surface area contributed by atoms with Crippen LogP contribution in [0.5, 0.6) is 17.5 Å². The number of fused-ring (bicyclic) bond motifs is 2. The van der Waals surface area contributed by atoms with Crippen molar-refractivity contribution < 1.29 is 32.4 Å². The van der Waals surface area contributed by atoms with Crippen molar-refractivity contribution in [2.45, 2.75) is 31.9 Å². The highest BCUT2D eigenvalue weighted by atomic mass is 19.4. The second-order valence-corrected chi connectivity index (χ2v) is 8.57. The van der Waals surface area contributed by atoms with Crippen molar-refractivity contribution in [2.75, 3.05) is 13.2 Å². The minimum absolute atomic E-state index is 0.136. The number of rotatable bonds is 6. The maximum absolute atomic E-state index is 12.7. The zero-order chi connectivity index (χ0) is 25.4. The molecule has 0 aliphatic carbocycles. The van der Waals surface area contributed by atoms with E-state index in [2.05, 4.69) is 10.3 Å². The van der Waals surface area contributed by atoms with Gasteiger partial charge in [0.25, 0.3) is 0 Å². The minimum Gasteiger partial charge on any atom is -0.457 e. The molecule has 2 aromatic carbocycles. The summed E-state index contributed by atoms with van der Waals surface area (Å²) in [5, 5.41) is 13.8. The van der Waals surface area contributed by atoms with E-state index in [1.807, 2.05) is 17.0 Å². The van der Waals surface area contributed by atoms with Crippen LogP contribution in [-0.2, 0) is 30.6 Å². The van der Waals surface area contributed by atoms with Crippen molar-refractivity contribution in [3.05, 3.63) is 75.5 Å². The lowest BCUT2D eigenvalue weighted by Gasteiger charge is -2.24. The first-order valence-electron chi connectivity index (χ1n) is 11.0. The van der Waals surface area contributed by atoms with E-state index >= 15 is 0 Å². The lowest BCUT2D eigenvalue weighted by molar-refractivity contribution is -0.389. The first-order valence-corrected chi connectivity index (χ1v) is 11.0. The Morgan fingerprint density at radius 2 is 1.89 bits per heavy atom. The zero-order valence-electron chi connectivity index (χ0n) is 18.7. The Labute approximate surface area is 202 Å². The van der Waals surface area contributed by atoms with Gasteiger partial charge in [-0.1, -0.05) is 6.07 Å². The van der Waals surface area contributed by atoms with Crippen molar-refractivity contribution in [1.82, 2.24) is 19.8 Å². The van der Waals surface area contributed by atoms with Crippen LogP contribution in [0.4, 0.5) is 19.0 Å². The molecule has 0 bridgehead atoms. The first-order chi connectivity index (χ1) is 17.1.